The minimum absolute atomic E-state index is 0. The van der Waals surface area contributed by atoms with Crippen molar-refractivity contribution in [2.75, 3.05) is 5.32 Å². The second kappa shape index (κ2) is 6.74. The van der Waals surface area contributed by atoms with Crippen LogP contribution in [0.1, 0.15) is 32.1 Å². The van der Waals surface area contributed by atoms with Crippen molar-refractivity contribution in [3.05, 3.63) is 24.3 Å². The maximum atomic E-state index is 12.1. The zero-order valence-corrected chi connectivity index (χ0v) is 14.7. The van der Waals surface area contributed by atoms with Gasteiger partial charge >= 0.3 is 6.36 Å². The maximum absolute atomic E-state index is 12.1. The summed E-state index contributed by atoms with van der Waals surface area (Å²) < 4.78 is 40.0. The second-order valence-electron chi connectivity index (χ2n) is 6.00. The number of benzene rings is 1. The first-order valence-electron chi connectivity index (χ1n) is 7.32. The van der Waals surface area contributed by atoms with E-state index in [2.05, 4.69) is 15.0 Å². The molecule has 1 aromatic rings. The summed E-state index contributed by atoms with van der Waals surface area (Å²) in [7, 11) is 0. The molecule has 23 heavy (non-hydrogen) atoms. The summed E-state index contributed by atoms with van der Waals surface area (Å²) in [6, 6.07) is 5.70. The number of rotatable bonds is 3. The van der Waals surface area contributed by atoms with Gasteiger partial charge in [-0.1, -0.05) is 12.8 Å². The van der Waals surface area contributed by atoms with Crippen molar-refractivity contribution in [2.45, 2.75) is 44.5 Å². The quantitative estimate of drug-likeness (QED) is 0.419. The van der Waals surface area contributed by atoms with E-state index in [0.29, 0.717) is 17.1 Å². The fourth-order valence-electron chi connectivity index (χ4n) is 3.21. The minimum Gasteiger partial charge on any atom is -0.406 e. The number of nitrogens with one attached hydrogen (secondary N) is 1. The molecular formula is C15H19F3IN3O. The molecule has 2 fully saturated rings. The van der Waals surface area contributed by atoms with E-state index in [1.165, 1.54) is 49.9 Å². The molecule has 4 nitrogen and oxygen atoms in total. The van der Waals surface area contributed by atoms with Crippen molar-refractivity contribution >= 4 is 35.6 Å². The van der Waals surface area contributed by atoms with E-state index in [0.717, 1.165) is 6.42 Å². The van der Waals surface area contributed by atoms with Crippen LogP contribution < -0.4 is 15.8 Å². The monoisotopic (exact) mass is 441 g/mol. The number of guanidine groups is 1. The van der Waals surface area contributed by atoms with E-state index in [9.17, 15) is 13.2 Å². The first-order chi connectivity index (χ1) is 10.4. The SMILES string of the molecule is I.NC(=NC1CC12CCCC2)Nc1ccc(OC(F)(F)F)cc1. The van der Waals surface area contributed by atoms with E-state index in [-0.39, 0.29) is 35.8 Å². The third kappa shape index (κ3) is 4.65. The van der Waals surface area contributed by atoms with E-state index in [1.54, 1.807) is 0 Å². The molecular weight excluding hydrogens is 422 g/mol. The van der Waals surface area contributed by atoms with Gasteiger partial charge in [0.2, 0.25) is 0 Å². The van der Waals surface area contributed by atoms with Gasteiger partial charge in [-0.05, 0) is 48.9 Å². The van der Waals surface area contributed by atoms with Crippen molar-refractivity contribution < 1.29 is 17.9 Å². The summed E-state index contributed by atoms with van der Waals surface area (Å²) in [5, 5.41) is 2.90. The smallest absolute Gasteiger partial charge is 0.406 e. The average Bonchev–Trinajstić information content (AvgIpc) is 2.85. The Bertz CT molecular complexity index is 568. The summed E-state index contributed by atoms with van der Waals surface area (Å²) >= 11 is 0. The number of halogens is 4. The van der Waals surface area contributed by atoms with Gasteiger partial charge in [-0.25, -0.2) is 4.99 Å². The Labute approximate surface area is 149 Å². The lowest BCUT2D eigenvalue weighted by atomic mass is 10.1. The van der Waals surface area contributed by atoms with Crippen molar-refractivity contribution in [3.8, 4) is 5.75 Å². The van der Waals surface area contributed by atoms with Crippen LogP contribution in [-0.4, -0.2) is 18.4 Å². The van der Waals surface area contributed by atoms with Crippen LogP contribution >= 0.6 is 24.0 Å². The van der Waals surface area contributed by atoms with Crippen LogP contribution in [0.25, 0.3) is 0 Å². The molecule has 1 unspecified atom stereocenters. The first kappa shape index (κ1) is 18.2. The Morgan fingerprint density at radius 3 is 2.39 bits per heavy atom. The Kier molecular flexibility index (Phi) is 5.32. The lowest BCUT2D eigenvalue weighted by Crippen LogP contribution is -2.23. The maximum Gasteiger partial charge on any atom is 0.573 e. The molecule has 2 aliphatic rings. The highest BCUT2D eigenvalue weighted by atomic mass is 127. The molecule has 3 N–H and O–H groups in total. The molecule has 2 aliphatic carbocycles. The minimum atomic E-state index is -4.68. The highest BCUT2D eigenvalue weighted by Crippen LogP contribution is 2.59. The van der Waals surface area contributed by atoms with Crippen molar-refractivity contribution in [1.82, 2.24) is 0 Å². The summed E-state index contributed by atoms with van der Waals surface area (Å²) in [4.78, 5) is 4.47. The molecule has 0 aliphatic heterocycles. The summed E-state index contributed by atoms with van der Waals surface area (Å²) in [6.07, 6.45) is 1.38. The molecule has 0 saturated heterocycles. The standard InChI is InChI=1S/C15H18F3N3O.HI/c16-15(17,18)22-11-5-3-10(4-6-11)20-13(19)21-12-9-14(12)7-1-2-8-14;/h3-6,12H,1-2,7-9H2,(H3,19,20,21);1H. The van der Waals surface area contributed by atoms with E-state index in [1.807, 2.05) is 0 Å². The molecule has 1 atom stereocenters. The van der Waals surface area contributed by atoms with Gasteiger partial charge in [0.25, 0.3) is 0 Å². The zero-order valence-electron chi connectivity index (χ0n) is 12.4. The van der Waals surface area contributed by atoms with Crippen molar-refractivity contribution in [2.24, 2.45) is 16.1 Å². The molecule has 1 aromatic carbocycles. The fraction of sp³-hybridized carbons (Fsp3) is 0.533. The lowest BCUT2D eigenvalue weighted by molar-refractivity contribution is -0.274. The van der Waals surface area contributed by atoms with Crippen LogP contribution in [-0.2, 0) is 0 Å². The van der Waals surface area contributed by atoms with Crippen LogP contribution in [0.15, 0.2) is 29.3 Å². The highest BCUT2D eigenvalue weighted by Gasteiger charge is 2.55. The number of hydrogen-bond donors (Lipinski definition) is 2. The van der Waals surface area contributed by atoms with E-state index in [4.69, 9.17) is 5.73 Å². The van der Waals surface area contributed by atoms with Crippen LogP contribution in [0.3, 0.4) is 0 Å². The number of alkyl halides is 3. The topological polar surface area (TPSA) is 59.6 Å². The summed E-state index contributed by atoms with van der Waals surface area (Å²) in [5.41, 5.74) is 6.82. The Morgan fingerprint density at radius 1 is 1.22 bits per heavy atom. The third-order valence-corrected chi connectivity index (χ3v) is 4.40. The van der Waals surface area contributed by atoms with Gasteiger partial charge in [-0.2, -0.15) is 0 Å². The van der Waals surface area contributed by atoms with Gasteiger partial charge in [0.15, 0.2) is 5.96 Å². The van der Waals surface area contributed by atoms with Crippen molar-refractivity contribution in [3.63, 3.8) is 0 Å². The molecule has 128 valence electrons. The van der Waals surface area contributed by atoms with E-state index < -0.39 is 6.36 Å². The molecule has 8 heteroatoms. The van der Waals surface area contributed by atoms with Gasteiger partial charge in [-0.3, -0.25) is 0 Å². The van der Waals surface area contributed by atoms with Gasteiger partial charge in [0.1, 0.15) is 5.75 Å². The van der Waals surface area contributed by atoms with Gasteiger partial charge in [0, 0.05) is 5.69 Å². The molecule has 0 aromatic heterocycles. The molecule has 0 heterocycles. The number of hydrogen-bond acceptors (Lipinski definition) is 2. The lowest BCUT2D eigenvalue weighted by Gasteiger charge is -2.10. The Hall–Kier alpha value is -1.19. The number of nitrogens with two attached hydrogens (primary N) is 1. The number of aliphatic imine (C=N–C) groups is 1. The van der Waals surface area contributed by atoms with Gasteiger partial charge < -0.3 is 15.8 Å². The highest BCUT2D eigenvalue weighted by molar-refractivity contribution is 14.0. The van der Waals surface area contributed by atoms with Gasteiger partial charge in [-0.15, -0.1) is 37.1 Å². The molecule has 3 rings (SSSR count). The number of anilines is 1. The molecule has 0 bridgehead atoms. The largest absolute Gasteiger partial charge is 0.573 e. The zero-order chi connectivity index (χ0) is 15.8. The Balaban J connectivity index is 0.00000192. The molecule has 0 radical (unpaired) electrons. The average molecular weight is 441 g/mol. The number of ether oxygens (including phenoxy) is 1. The van der Waals surface area contributed by atoms with E-state index >= 15 is 0 Å². The second-order valence-corrected chi connectivity index (χ2v) is 6.00. The van der Waals surface area contributed by atoms with Crippen LogP contribution in [0.4, 0.5) is 18.9 Å². The fourth-order valence-corrected chi connectivity index (χ4v) is 3.21. The van der Waals surface area contributed by atoms with Crippen LogP contribution in [0, 0.1) is 5.41 Å². The molecule has 1 spiro atoms. The molecule has 2 saturated carbocycles. The number of nitrogens with zero attached hydrogens (tertiary/aromatic N) is 1. The molecule has 0 amide bonds. The van der Waals surface area contributed by atoms with Crippen LogP contribution in [0.5, 0.6) is 5.75 Å². The first-order valence-corrected chi connectivity index (χ1v) is 7.32. The Morgan fingerprint density at radius 2 is 1.83 bits per heavy atom. The normalized spacial score (nSPS) is 22.6. The summed E-state index contributed by atoms with van der Waals surface area (Å²) in [6.45, 7) is 0. The third-order valence-electron chi connectivity index (χ3n) is 4.40. The predicted octanol–water partition coefficient (Wildman–Crippen LogP) is 4.26. The van der Waals surface area contributed by atoms with Crippen molar-refractivity contribution in [1.29, 1.82) is 0 Å². The summed E-state index contributed by atoms with van der Waals surface area (Å²) in [5.74, 6) is 0.0407. The predicted molar refractivity (Wildman–Crippen MR) is 93.1 cm³/mol. The van der Waals surface area contributed by atoms with Gasteiger partial charge in [0.05, 0.1) is 6.04 Å². The van der Waals surface area contributed by atoms with Crippen LogP contribution in [0.2, 0.25) is 0 Å².